The highest BCUT2D eigenvalue weighted by molar-refractivity contribution is 8.13. The number of anilines is 1. The summed E-state index contributed by atoms with van der Waals surface area (Å²) in [5.74, 6) is 4.50. The first-order chi connectivity index (χ1) is 8.45. The Morgan fingerprint density at radius 2 is 2.22 bits per heavy atom. The molecule has 18 heavy (non-hydrogen) atoms. The number of aliphatic hydroxyl groups is 2. The van der Waals surface area contributed by atoms with Crippen molar-refractivity contribution < 1.29 is 19.4 Å². The van der Waals surface area contributed by atoms with E-state index < -0.39 is 18.0 Å². The van der Waals surface area contributed by atoms with Crippen molar-refractivity contribution in [2.75, 3.05) is 11.2 Å². The SMILES string of the molecule is CC(=O)SCC(O)C(O)c1ccc(NN)c(F)c1. The smallest absolute Gasteiger partial charge is 0.185 e. The van der Waals surface area contributed by atoms with Gasteiger partial charge in [0.05, 0.1) is 11.8 Å². The minimum atomic E-state index is -1.25. The monoisotopic (exact) mass is 274 g/mol. The van der Waals surface area contributed by atoms with Gasteiger partial charge in [0.1, 0.15) is 11.9 Å². The highest BCUT2D eigenvalue weighted by Gasteiger charge is 2.20. The van der Waals surface area contributed by atoms with Crippen molar-refractivity contribution in [3.05, 3.63) is 29.6 Å². The van der Waals surface area contributed by atoms with Crippen LogP contribution in [0.2, 0.25) is 0 Å². The Kier molecular flexibility index (Phi) is 5.54. The van der Waals surface area contributed by atoms with Gasteiger partial charge in [-0.05, 0) is 17.7 Å². The molecule has 0 saturated heterocycles. The number of nitrogen functional groups attached to an aromatic ring is 1. The number of hydrazine groups is 1. The number of rotatable bonds is 5. The van der Waals surface area contributed by atoms with E-state index in [9.17, 15) is 19.4 Å². The van der Waals surface area contributed by atoms with Gasteiger partial charge in [-0.25, -0.2) is 4.39 Å². The minimum absolute atomic E-state index is 0.0506. The van der Waals surface area contributed by atoms with E-state index in [4.69, 9.17) is 5.84 Å². The fourth-order valence-electron chi connectivity index (χ4n) is 1.35. The highest BCUT2D eigenvalue weighted by Crippen LogP contribution is 2.23. The van der Waals surface area contributed by atoms with E-state index in [-0.39, 0.29) is 22.1 Å². The number of thioether (sulfide) groups is 1. The normalized spacial score (nSPS) is 14.1. The first kappa shape index (κ1) is 14.9. The van der Waals surface area contributed by atoms with Crippen LogP contribution in [0.15, 0.2) is 18.2 Å². The lowest BCUT2D eigenvalue weighted by atomic mass is 10.0. The van der Waals surface area contributed by atoms with Gasteiger partial charge in [0, 0.05) is 12.7 Å². The van der Waals surface area contributed by atoms with Gasteiger partial charge >= 0.3 is 0 Å². The molecule has 5 N–H and O–H groups in total. The average molecular weight is 274 g/mol. The van der Waals surface area contributed by atoms with E-state index in [0.717, 1.165) is 17.8 Å². The molecule has 5 nitrogen and oxygen atoms in total. The lowest BCUT2D eigenvalue weighted by Gasteiger charge is -2.17. The predicted octanol–water partition coefficient (Wildman–Crippen LogP) is 0.785. The van der Waals surface area contributed by atoms with Gasteiger partial charge in [0.25, 0.3) is 0 Å². The van der Waals surface area contributed by atoms with Crippen LogP contribution >= 0.6 is 11.8 Å². The zero-order chi connectivity index (χ0) is 13.7. The second kappa shape index (κ2) is 6.69. The van der Waals surface area contributed by atoms with Crippen LogP contribution in [-0.2, 0) is 4.79 Å². The third-order valence-electron chi connectivity index (χ3n) is 2.31. The van der Waals surface area contributed by atoms with Crippen molar-refractivity contribution >= 4 is 22.6 Å². The Bertz CT molecular complexity index is 431. The number of hydrogen-bond donors (Lipinski definition) is 4. The molecule has 2 atom stereocenters. The summed E-state index contributed by atoms with van der Waals surface area (Å²) in [6.45, 7) is 1.37. The molecule has 0 bridgehead atoms. The zero-order valence-electron chi connectivity index (χ0n) is 9.76. The molecule has 7 heteroatoms. The number of carbonyl (C=O) groups is 1. The number of carbonyl (C=O) groups excluding carboxylic acids is 1. The van der Waals surface area contributed by atoms with Crippen LogP contribution in [0.4, 0.5) is 10.1 Å². The van der Waals surface area contributed by atoms with Crippen LogP contribution in [0.5, 0.6) is 0 Å². The van der Waals surface area contributed by atoms with Crippen molar-refractivity contribution in [3.8, 4) is 0 Å². The van der Waals surface area contributed by atoms with Gasteiger partial charge in [-0.2, -0.15) is 0 Å². The molecule has 0 heterocycles. The van der Waals surface area contributed by atoms with E-state index in [1.165, 1.54) is 19.1 Å². The summed E-state index contributed by atoms with van der Waals surface area (Å²) in [6, 6.07) is 3.89. The van der Waals surface area contributed by atoms with Crippen molar-refractivity contribution in [2.24, 2.45) is 5.84 Å². The van der Waals surface area contributed by atoms with Gasteiger partial charge in [-0.3, -0.25) is 10.6 Å². The summed E-state index contributed by atoms with van der Waals surface area (Å²) in [7, 11) is 0. The second-order valence-corrected chi connectivity index (χ2v) is 4.90. The molecule has 0 aliphatic carbocycles. The lowest BCUT2D eigenvalue weighted by Crippen LogP contribution is -2.21. The van der Waals surface area contributed by atoms with Crippen molar-refractivity contribution in [1.29, 1.82) is 0 Å². The molecule has 1 aromatic carbocycles. The molecule has 1 aromatic rings. The standard InChI is InChI=1S/C11H15FN2O3S/c1-6(15)18-5-10(16)11(17)7-2-3-9(14-13)8(12)4-7/h2-4,10-11,14,16-17H,5,13H2,1H3. The van der Waals surface area contributed by atoms with E-state index in [1.807, 2.05) is 0 Å². The second-order valence-electron chi connectivity index (χ2n) is 3.70. The van der Waals surface area contributed by atoms with Crippen LogP contribution < -0.4 is 11.3 Å². The molecule has 0 amide bonds. The van der Waals surface area contributed by atoms with E-state index in [1.54, 1.807) is 0 Å². The van der Waals surface area contributed by atoms with E-state index in [0.29, 0.717) is 0 Å². The molecule has 0 fully saturated rings. The molecule has 0 aliphatic rings. The van der Waals surface area contributed by atoms with Crippen LogP contribution in [0, 0.1) is 5.82 Å². The summed E-state index contributed by atoms with van der Waals surface area (Å²) in [4.78, 5) is 10.7. The van der Waals surface area contributed by atoms with Crippen molar-refractivity contribution in [1.82, 2.24) is 0 Å². The van der Waals surface area contributed by atoms with Crippen molar-refractivity contribution in [3.63, 3.8) is 0 Å². The zero-order valence-corrected chi connectivity index (χ0v) is 10.6. The molecule has 100 valence electrons. The van der Waals surface area contributed by atoms with Crippen LogP contribution in [0.3, 0.4) is 0 Å². The average Bonchev–Trinajstić information content (AvgIpc) is 2.34. The van der Waals surface area contributed by atoms with Crippen LogP contribution in [-0.4, -0.2) is 27.2 Å². The van der Waals surface area contributed by atoms with Gasteiger partial charge in [0.15, 0.2) is 5.12 Å². The maximum atomic E-state index is 13.4. The molecule has 0 radical (unpaired) electrons. The largest absolute Gasteiger partial charge is 0.389 e. The Morgan fingerprint density at radius 3 is 2.72 bits per heavy atom. The third kappa shape index (κ3) is 3.95. The molecule has 0 aromatic heterocycles. The topological polar surface area (TPSA) is 95.6 Å². The molecular weight excluding hydrogens is 259 g/mol. The number of nitrogens with one attached hydrogen (secondary N) is 1. The first-order valence-electron chi connectivity index (χ1n) is 5.21. The number of aliphatic hydroxyl groups excluding tert-OH is 2. The first-order valence-corrected chi connectivity index (χ1v) is 6.19. The summed E-state index contributed by atoms with van der Waals surface area (Å²) in [6.07, 6.45) is -2.40. The molecule has 1 rings (SSSR count). The number of benzene rings is 1. The summed E-state index contributed by atoms with van der Waals surface area (Å²) < 4.78 is 13.4. The Hall–Kier alpha value is -1.15. The van der Waals surface area contributed by atoms with Crippen LogP contribution in [0.25, 0.3) is 0 Å². The van der Waals surface area contributed by atoms with Crippen molar-refractivity contribution in [2.45, 2.75) is 19.1 Å². The summed E-state index contributed by atoms with van der Waals surface area (Å²) in [5.41, 5.74) is 2.48. The fraction of sp³-hybridized carbons (Fsp3) is 0.364. The molecule has 0 spiro atoms. The number of hydrogen-bond acceptors (Lipinski definition) is 6. The maximum Gasteiger partial charge on any atom is 0.185 e. The van der Waals surface area contributed by atoms with E-state index >= 15 is 0 Å². The predicted molar refractivity (Wildman–Crippen MR) is 68.3 cm³/mol. The van der Waals surface area contributed by atoms with Gasteiger partial charge in [0.2, 0.25) is 0 Å². The quantitative estimate of drug-likeness (QED) is 0.468. The van der Waals surface area contributed by atoms with E-state index in [2.05, 4.69) is 5.43 Å². The maximum absolute atomic E-state index is 13.4. The molecule has 0 aliphatic heterocycles. The number of nitrogens with two attached hydrogens (primary N) is 1. The van der Waals surface area contributed by atoms with Crippen LogP contribution in [0.1, 0.15) is 18.6 Å². The molecule has 0 saturated carbocycles. The third-order valence-corrected chi connectivity index (χ3v) is 3.23. The highest BCUT2D eigenvalue weighted by atomic mass is 32.2. The number of halogens is 1. The summed E-state index contributed by atoms with van der Waals surface area (Å²) >= 11 is 0.899. The minimum Gasteiger partial charge on any atom is -0.389 e. The molecule has 2 unspecified atom stereocenters. The van der Waals surface area contributed by atoms with Gasteiger partial charge in [-0.1, -0.05) is 17.8 Å². The Labute approximate surface area is 108 Å². The lowest BCUT2D eigenvalue weighted by molar-refractivity contribution is -0.109. The Balaban J connectivity index is 2.74. The fourth-order valence-corrected chi connectivity index (χ4v) is 1.94. The van der Waals surface area contributed by atoms with Gasteiger partial charge in [-0.15, -0.1) is 0 Å². The molecular formula is C11H15FN2O3S. The summed E-state index contributed by atoms with van der Waals surface area (Å²) in [5, 5.41) is 19.3. The van der Waals surface area contributed by atoms with Gasteiger partial charge < -0.3 is 15.6 Å². The Morgan fingerprint density at radius 1 is 1.56 bits per heavy atom.